The molecule has 1 aliphatic heterocycles. The predicted molar refractivity (Wildman–Crippen MR) is 123 cm³/mol. The Bertz CT molecular complexity index is 1020. The summed E-state index contributed by atoms with van der Waals surface area (Å²) in [6, 6.07) is 14.4. The van der Waals surface area contributed by atoms with Crippen molar-refractivity contribution >= 4 is 11.3 Å². The van der Waals surface area contributed by atoms with Gasteiger partial charge in [0.1, 0.15) is 0 Å². The van der Waals surface area contributed by atoms with Gasteiger partial charge in [0.15, 0.2) is 0 Å². The Balaban J connectivity index is 1.70. The summed E-state index contributed by atoms with van der Waals surface area (Å²) in [6.07, 6.45) is 0.929. The maximum Gasteiger partial charge on any atom is 0.258 e. The van der Waals surface area contributed by atoms with Crippen molar-refractivity contribution in [1.29, 1.82) is 0 Å². The lowest BCUT2D eigenvalue weighted by Crippen LogP contribution is -2.33. The molecule has 0 bridgehead atoms. The van der Waals surface area contributed by atoms with Crippen molar-refractivity contribution in [3.63, 3.8) is 0 Å². The molecule has 152 valence electrons. The summed E-state index contributed by atoms with van der Waals surface area (Å²) in [4.78, 5) is 17.0. The SMILES string of the molecule is CCN(CC)CCNCc1cc(-c2ccccc2)c(=O)n2c1-c1sccc1CC2. The van der Waals surface area contributed by atoms with E-state index in [1.165, 1.54) is 16.0 Å². The van der Waals surface area contributed by atoms with E-state index in [0.717, 1.165) is 62.5 Å². The van der Waals surface area contributed by atoms with E-state index in [9.17, 15) is 4.79 Å². The van der Waals surface area contributed by atoms with E-state index >= 15 is 0 Å². The minimum absolute atomic E-state index is 0.122. The second kappa shape index (κ2) is 9.08. The number of fused-ring (bicyclic) bond motifs is 3. The molecule has 0 aliphatic carbocycles. The maximum atomic E-state index is 13.3. The molecular weight excluding hydrogens is 378 g/mol. The van der Waals surface area contributed by atoms with Gasteiger partial charge in [0.05, 0.1) is 10.6 Å². The Labute approximate surface area is 176 Å². The summed E-state index contributed by atoms with van der Waals surface area (Å²) >= 11 is 1.75. The number of benzene rings is 1. The fourth-order valence-corrected chi connectivity index (χ4v) is 5.18. The average molecular weight is 408 g/mol. The molecule has 5 heteroatoms. The van der Waals surface area contributed by atoms with Crippen LogP contribution in [0.5, 0.6) is 0 Å². The summed E-state index contributed by atoms with van der Waals surface area (Å²) < 4.78 is 2.00. The van der Waals surface area contributed by atoms with Crippen LogP contribution >= 0.6 is 11.3 Å². The zero-order chi connectivity index (χ0) is 20.2. The van der Waals surface area contributed by atoms with Gasteiger partial charge in [-0.3, -0.25) is 4.79 Å². The summed E-state index contributed by atoms with van der Waals surface area (Å²) in [6.45, 7) is 10.1. The average Bonchev–Trinajstić information content (AvgIpc) is 3.24. The molecule has 0 unspecified atom stereocenters. The van der Waals surface area contributed by atoms with Crippen LogP contribution in [0.15, 0.2) is 52.6 Å². The number of nitrogens with zero attached hydrogens (tertiary/aromatic N) is 2. The van der Waals surface area contributed by atoms with Crippen LogP contribution in [0.2, 0.25) is 0 Å². The third-order valence-electron chi connectivity index (χ3n) is 5.83. The molecule has 0 fully saturated rings. The van der Waals surface area contributed by atoms with E-state index in [-0.39, 0.29) is 5.56 Å². The topological polar surface area (TPSA) is 37.3 Å². The molecule has 29 heavy (non-hydrogen) atoms. The Hall–Kier alpha value is -2.21. The number of aryl methyl sites for hydroxylation is 1. The fourth-order valence-electron chi connectivity index (χ4n) is 4.14. The highest BCUT2D eigenvalue weighted by Crippen LogP contribution is 2.36. The monoisotopic (exact) mass is 407 g/mol. The van der Waals surface area contributed by atoms with E-state index in [4.69, 9.17) is 0 Å². The molecule has 4 rings (SSSR count). The van der Waals surface area contributed by atoms with E-state index in [0.29, 0.717) is 0 Å². The Morgan fingerprint density at radius 3 is 2.69 bits per heavy atom. The number of hydrogen-bond acceptors (Lipinski definition) is 4. The van der Waals surface area contributed by atoms with Crippen LogP contribution in [0.3, 0.4) is 0 Å². The maximum absolute atomic E-state index is 13.3. The van der Waals surface area contributed by atoms with E-state index in [1.807, 2.05) is 34.9 Å². The van der Waals surface area contributed by atoms with Gasteiger partial charge >= 0.3 is 0 Å². The largest absolute Gasteiger partial charge is 0.311 e. The second-order valence-corrected chi connectivity index (χ2v) is 8.40. The van der Waals surface area contributed by atoms with Crippen molar-refractivity contribution in [3.8, 4) is 21.7 Å². The number of aromatic nitrogens is 1. The number of nitrogens with one attached hydrogen (secondary N) is 1. The molecule has 3 heterocycles. The molecule has 1 aliphatic rings. The molecule has 0 saturated carbocycles. The highest BCUT2D eigenvalue weighted by molar-refractivity contribution is 7.13. The van der Waals surface area contributed by atoms with Crippen LogP contribution in [0, 0.1) is 0 Å². The van der Waals surface area contributed by atoms with Crippen molar-refractivity contribution in [2.75, 3.05) is 26.2 Å². The van der Waals surface area contributed by atoms with E-state index in [1.54, 1.807) is 11.3 Å². The van der Waals surface area contributed by atoms with Crippen molar-refractivity contribution in [2.45, 2.75) is 33.4 Å². The second-order valence-electron chi connectivity index (χ2n) is 7.48. The highest BCUT2D eigenvalue weighted by Gasteiger charge is 2.23. The van der Waals surface area contributed by atoms with Crippen molar-refractivity contribution in [2.24, 2.45) is 0 Å². The molecule has 0 atom stereocenters. The van der Waals surface area contributed by atoms with Crippen molar-refractivity contribution in [1.82, 2.24) is 14.8 Å². The lowest BCUT2D eigenvalue weighted by Gasteiger charge is -2.24. The zero-order valence-electron chi connectivity index (χ0n) is 17.3. The summed E-state index contributed by atoms with van der Waals surface area (Å²) in [7, 11) is 0. The number of thiophene rings is 1. The lowest BCUT2D eigenvalue weighted by molar-refractivity contribution is 0.302. The predicted octanol–water partition coefficient (Wildman–Crippen LogP) is 4.23. The van der Waals surface area contributed by atoms with Gasteiger partial charge in [0, 0.05) is 31.7 Å². The number of likely N-dealkylation sites (N-methyl/N-ethyl adjacent to an activating group) is 1. The van der Waals surface area contributed by atoms with Gasteiger partial charge < -0.3 is 14.8 Å². The van der Waals surface area contributed by atoms with Crippen LogP contribution in [0.1, 0.15) is 25.0 Å². The smallest absolute Gasteiger partial charge is 0.258 e. The molecule has 4 nitrogen and oxygen atoms in total. The third kappa shape index (κ3) is 4.08. The minimum Gasteiger partial charge on any atom is -0.311 e. The third-order valence-corrected chi connectivity index (χ3v) is 6.80. The van der Waals surface area contributed by atoms with Crippen LogP contribution < -0.4 is 10.9 Å². The van der Waals surface area contributed by atoms with E-state index in [2.05, 4.69) is 41.6 Å². The standard InChI is InChI=1S/C24H29N3OS/c1-3-26(4-2)14-12-25-17-20-16-21(18-8-6-5-7-9-18)24(28)27-13-10-19-11-15-29-23(19)22(20)27/h5-9,11,15-16,25H,3-4,10,12-14,17H2,1-2H3. The van der Waals surface area contributed by atoms with Gasteiger partial charge in [0.2, 0.25) is 0 Å². The number of rotatable bonds is 8. The zero-order valence-corrected chi connectivity index (χ0v) is 18.1. The molecule has 0 amide bonds. The summed E-state index contributed by atoms with van der Waals surface area (Å²) in [5, 5.41) is 5.77. The van der Waals surface area contributed by atoms with Crippen LogP contribution in [-0.2, 0) is 19.5 Å². The highest BCUT2D eigenvalue weighted by atomic mass is 32.1. The molecule has 1 N–H and O–H groups in total. The minimum atomic E-state index is 0.122. The normalized spacial score (nSPS) is 12.8. The Morgan fingerprint density at radius 2 is 1.93 bits per heavy atom. The van der Waals surface area contributed by atoms with Crippen LogP contribution in [-0.4, -0.2) is 35.6 Å². The summed E-state index contributed by atoms with van der Waals surface area (Å²) in [5.41, 5.74) is 5.61. The fraction of sp³-hybridized carbons (Fsp3) is 0.375. The summed E-state index contributed by atoms with van der Waals surface area (Å²) in [5.74, 6) is 0. The molecule has 0 radical (unpaired) electrons. The van der Waals surface area contributed by atoms with Gasteiger partial charge in [-0.15, -0.1) is 11.3 Å². The Morgan fingerprint density at radius 1 is 1.14 bits per heavy atom. The number of pyridine rings is 1. The van der Waals surface area contributed by atoms with E-state index < -0.39 is 0 Å². The molecule has 1 aromatic carbocycles. The first-order valence-electron chi connectivity index (χ1n) is 10.5. The lowest BCUT2D eigenvalue weighted by atomic mass is 9.98. The molecule has 0 spiro atoms. The van der Waals surface area contributed by atoms with Gasteiger partial charge in [-0.2, -0.15) is 0 Å². The van der Waals surface area contributed by atoms with Gasteiger partial charge in [-0.05, 0) is 53.7 Å². The van der Waals surface area contributed by atoms with Crippen molar-refractivity contribution in [3.05, 3.63) is 69.3 Å². The quantitative estimate of drug-likeness (QED) is 0.568. The number of hydrogen-bond donors (Lipinski definition) is 1. The van der Waals surface area contributed by atoms with Gasteiger partial charge in [-0.1, -0.05) is 44.2 Å². The first-order valence-corrected chi connectivity index (χ1v) is 11.4. The van der Waals surface area contributed by atoms with Crippen LogP contribution in [0.25, 0.3) is 21.7 Å². The molecule has 0 saturated heterocycles. The van der Waals surface area contributed by atoms with Crippen molar-refractivity contribution < 1.29 is 0 Å². The first-order chi connectivity index (χ1) is 14.2. The molecule has 2 aromatic heterocycles. The first kappa shape index (κ1) is 20.1. The van der Waals surface area contributed by atoms with Gasteiger partial charge in [0.25, 0.3) is 5.56 Å². The molecular formula is C24H29N3OS. The Kier molecular flexibility index (Phi) is 6.28. The molecule has 3 aromatic rings. The van der Waals surface area contributed by atoms with Gasteiger partial charge in [-0.25, -0.2) is 0 Å². The van der Waals surface area contributed by atoms with Crippen LogP contribution in [0.4, 0.5) is 0 Å².